The number of rotatable bonds is 6. The summed E-state index contributed by atoms with van der Waals surface area (Å²) in [4.78, 5) is 43.3. The number of amides is 1. The van der Waals surface area contributed by atoms with Crippen molar-refractivity contribution in [1.29, 1.82) is 0 Å². The molecule has 180 valence electrons. The first-order valence-electron chi connectivity index (χ1n) is 10.7. The lowest BCUT2D eigenvalue weighted by Crippen LogP contribution is -2.48. The molecule has 1 N–H and O–H groups in total. The Morgan fingerprint density at radius 3 is 2.18 bits per heavy atom. The van der Waals surface area contributed by atoms with E-state index in [4.69, 9.17) is 14.7 Å². The summed E-state index contributed by atoms with van der Waals surface area (Å²) in [5.74, 6) is -1.27. The van der Waals surface area contributed by atoms with Gasteiger partial charge in [-0.3, -0.25) is 9.59 Å². The molecule has 34 heavy (non-hydrogen) atoms. The van der Waals surface area contributed by atoms with Crippen LogP contribution in [0, 0.1) is 0 Å². The SMILES string of the molecule is O=C(O)CCC(=O)N1CCc2cc(S(=O)(=O)N3CCN(c4ccccc4)CC3)ccc21.O=C=O. The molecule has 0 aliphatic carbocycles. The van der Waals surface area contributed by atoms with Gasteiger partial charge in [0.1, 0.15) is 0 Å². The Kier molecular flexibility index (Phi) is 8.17. The number of benzene rings is 2. The van der Waals surface area contributed by atoms with E-state index in [0.29, 0.717) is 44.8 Å². The number of hydrogen-bond acceptors (Lipinski definition) is 7. The molecule has 0 unspecified atom stereocenters. The van der Waals surface area contributed by atoms with Crippen molar-refractivity contribution in [3.8, 4) is 0 Å². The number of piperazine rings is 1. The molecule has 0 spiro atoms. The second kappa shape index (κ2) is 11.1. The Bertz CT molecular complexity index is 1170. The van der Waals surface area contributed by atoms with Crippen molar-refractivity contribution in [3.05, 3.63) is 54.1 Å². The molecule has 2 aromatic rings. The van der Waals surface area contributed by atoms with E-state index in [-0.39, 0.29) is 29.8 Å². The van der Waals surface area contributed by atoms with Crippen LogP contribution < -0.4 is 9.80 Å². The van der Waals surface area contributed by atoms with Gasteiger partial charge in [-0.15, -0.1) is 0 Å². The second-order valence-electron chi connectivity index (χ2n) is 7.79. The number of carboxylic acid groups (broad SMARTS) is 1. The fourth-order valence-corrected chi connectivity index (χ4v) is 5.59. The van der Waals surface area contributed by atoms with Crippen molar-refractivity contribution in [2.45, 2.75) is 24.2 Å². The zero-order valence-corrected chi connectivity index (χ0v) is 19.2. The van der Waals surface area contributed by atoms with E-state index >= 15 is 0 Å². The van der Waals surface area contributed by atoms with Gasteiger partial charge in [0.15, 0.2) is 0 Å². The highest BCUT2D eigenvalue weighted by Crippen LogP contribution is 2.32. The number of para-hydroxylation sites is 1. The molecule has 0 atom stereocenters. The van der Waals surface area contributed by atoms with E-state index in [1.807, 2.05) is 30.3 Å². The highest BCUT2D eigenvalue weighted by molar-refractivity contribution is 7.89. The van der Waals surface area contributed by atoms with Crippen LogP contribution in [0.1, 0.15) is 18.4 Å². The summed E-state index contributed by atoms with van der Waals surface area (Å²) in [6.45, 7) is 2.51. The van der Waals surface area contributed by atoms with Gasteiger partial charge in [0.25, 0.3) is 0 Å². The molecule has 2 aliphatic rings. The first-order chi connectivity index (χ1) is 16.3. The van der Waals surface area contributed by atoms with Crippen LogP contribution in [0.5, 0.6) is 0 Å². The molecular formula is C23H25N3O7S. The molecule has 4 rings (SSSR count). The Hall–Kier alpha value is -3.53. The number of anilines is 2. The molecule has 1 saturated heterocycles. The number of carbonyl (C=O) groups is 2. The lowest BCUT2D eigenvalue weighted by Gasteiger charge is -2.35. The second-order valence-corrected chi connectivity index (χ2v) is 9.73. The molecule has 2 heterocycles. The van der Waals surface area contributed by atoms with Crippen molar-refractivity contribution >= 4 is 39.4 Å². The summed E-state index contributed by atoms with van der Waals surface area (Å²) in [5.41, 5.74) is 2.56. The fourth-order valence-electron chi connectivity index (χ4n) is 4.12. The number of aliphatic carboxylic acids is 1. The van der Waals surface area contributed by atoms with Crippen molar-refractivity contribution in [2.75, 3.05) is 42.5 Å². The van der Waals surface area contributed by atoms with Crippen LogP contribution >= 0.6 is 0 Å². The summed E-state index contributed by atoms with van der Waals surface area (Å²) in [5, 5.41) is 8.79. The summed E-state index contributed by atoms with van der Waals surface area (Å²) >= 11 is 0. The maximum absolute atomic E-state index is 13.2. The number of carbonyl (C=O) groups excluding carboxylic acids is 3. The topological polar surface area (TPSA) is 132 Å². The Morgan fingerprint density at radius 2 is 1.56 bits per heavy atom. The maximum Gasteiger partial charge on any atom is 0.373 e. The average Bonchev–Trinajstić information content (AvgIpc) is 3.27. The van der Waals surface area contributed by atoms with Crippen LogP contribution in [0.3, 0.4) is 0 Å². The van der Waals surface area contributed by atoms with Crippen molar-refractivity contribution < 1.29 is 32.7 Å². The van der Waals surface area contributed by atoms with Gasteiger partial charge < -0.3 is 14.9 Å². The third-order valence-corrected chi connectivity index (χ3v) is 7.69. The number of fused-ring (bicyclic) bond motifs is 1. The Labute approximate surface area is 197 Å². The summed E-state index contributed by atoms with van der Waals surface area (Å²) in [7, 11) is -3.62. The van der Waals surface area contributed by atoms with Gasteiger partial charge in [0, 0.05) is 50.5 Å². The van der Waals surface area contributed by atoms with Crippen molar-refractivity contribution in [2.24, 2.45) is 0 Å². The normalized spacial score (nSPS) is 15.6. The van der Waals surface area contributed by atoms with Gasteiger partial charge in [-0.25, -0.2) is 8.42 Å². The first kappa shape index (κ1) is 25.1. The molecular weight excluding hydrogens is 462 g/mol. The standard InChI is InChI=1S/C22H25N3O5S.CO2/c26-21(8-9-22(27)28)25-11-10-17-16-19(6-7-20(17)25)31(29,30)24-14-12-23(13-15-24)18-4-2-1-3-5-18;2-1-3/h1-7,16H,8-15H2,(H,27,28);. The van der Waals surface area contributed by atoms with Crippen LogP contribution in [-0.2, 0) is 35.6 Å². The van der Waals surface area contributed by atoms with Gasteiger partial charge >= 0.3 is 12.1 Å². The Balaban J connectivity index is 0.00000103. The van der Waals surface area contributed by atoms with E-state index in [0.717, 1.165) is 11.3 Å². The lowest BCUT2D eigenvalue weighted by atomic mass is 10.2. The van der Waals surface area contributed by atoms with E-state index in [2.05, 4.69) is 4.90 Å². The average molecular weight is 488 g/mol. The largest absolute Gasteiger partial charge is 0.481 e. The molecule has 10 nitrogen and oxygen atoms in total. The zero-order chi connectivity index (χ0) is 24.7. The molecule has 0 aromatic heterocycles. The minimum absolute atomic E-state index is 0.0689. The van der Waals surface area contributed by atoms with Gasteiger partial charge in [0.05, 0.1) is 11.3 Å². The van der Waals surface area contributed by atoms with Crippen LogP contribution in [0.25, 0.3) is 0 Å². The highest BCUT2D eigenvalue weighted by Gasteiger charge is 2.31. The molecule has 11 heteroatoms. The smallest absolute Gasteiger partial charge is 0.373 e. The quantitative estimate of drug-likeness (QED) is 0.646. The monoisotopic (exact) mass is 487 g/mol. The molecule has 0 bridgehead atoms. The fraction of sp³-hybridized carbons (Fsp3) is 0.348. The van der Waals surface area contributed by atoms with Gasteiger partial charge in [-0.1, -0.05) is 18.2 Å². The van der Waals surface area contributed by atoms with Crippen molar-refractivity contribution in [1.82, 2.24) is 4.31 Å². The third kappa shape index (κ3) is 5.69. The lowest BCUT2D eigenvalue weighted by molar-refractivity contribution is -0.191. The van der Waals surface area contributed by atoms with Crippen LogP contribution in [0.4, 0.5) is 11.4 Å². The zero-order valence-electron chi connectivity index (χ0n) is 18.4. The minimum atomic E-state index is -3.62. The van der Waals surface area contributed by atoms with Gasteiger partial charge in [-0.2, -0.15) is 13.9 Å². The van der Waals surface area contributed by atoms with E-state index in [1.54, 1.807) is 23.1 Å². The van der Waals surface area contributed by atoms with Crippen LogP contribution in [-0.4, -0.2) is 68.6 Å². The molecule has 0 saturated carbocycles. The van der Waals surface area contributed by atoms with E-state index in [1.165, 1.54) is 4.31 Å². The predicted molar refractivity (Wildman–Crippen MR) is 122 cm³/mol. The predicted octanol–water partition coefficient (Wildman–Crippen LogP) is 1.37. The van der Waals surface area contributed by atoms with Gasteiger partial charge in [0.2, 0.25) is 15.9 Å². The van der Waals surface area contributed by atoms with Gasteiger partial charge in [-0.05, 0) is 42.3 Å². The van der Waals surface area contributed by atoms with Crippen molar-refractivity contribution in [3.63, 3.8) is 0 Å². The molecule has 2 aromatic carbocycles. The van der Waals surface area contributed by atoms with E-state index < -0.39 is 16.0 Å². The first-order valence-corrected chi connectivity index (χ1v) is 12.2. The minimum Gasteiger partial charge on any atom is -0.481 e. The number of sulfonamides is 1. The number of nitrogens with zero attached hydrogens (tertiary/aromatic N) is 3. The Morgan fingerprint density at radius 1 is 0.912 bits per heavy atom. The number of carboxylic acids is 1. The summed E-state index contributed by atoms with van der Waals surface area (Å²) in [6.07, 6.45) is 0.520. The molecule has 1 fully saturated rings. The number of hydrogen-bond donors (Lipinski definition) is 1. The maximum atomic E-state index is 13.2. The highest BCUT2D eigenvalue weighted by atomic mass is 32.2. The van der Waals surface area contributed by atoms with E-state index in [9.17, 15) is 18.0 Å². The van der Waals surface area contributed by atoms with Crippen LogP contribution in [0.2, 0.25) is 0 Å². The molecule has 0 radical (unpaired) electrons. The van der Waals surface area contributed by atoms with Crippen LogP contribution in [0.15, 0.2) is 53.4 Å². The molecule has 1 amide bonds. The molecule has 2 aliphatic heterocycles. The summed E-state index contributed by atoms with van der Waals surface area (Å²) < 4.78 is 27.9. The summed E-state index contributed by atoms with van der Waals surface area (Å²) in [6, 6.07) is 14.8. The third-order valence-electron chi connectivity index (χ3n) is 5.80.